The summed E-state index contributed by atoms with van der Waals surface area (Å²) in [7, 11) is -5.75. The summed E-state index contributed by atoms with van der Waals surface area (Å²) in [5, 5.41) is 4.54. The van der Waals surface area contributed by atoms with Crippen LogP contribution in [0.5, 0.6) is 5.75 Å². The van der Waals surface area contributed by atoms with Gasteiger partial charge < -0.3 is 10.1 Å². The van der Waals surface area contributed by atoms with E-state index in [1.165, 1.54) is 39.2 Å². The quantitative estimate of drug-likeness (QED) is 0.592. The molecule has 9 nitrogen and oxygen atoms in total. The molecule has 34 heavy (non-hydrogen) atoms. The Morgan fingerprint density at radius 3 is 2.26 bits per heavy atom. The van der Waals surface area contributed by atoms with E-state index in [-0.39, 0.29) is 29.8 Å². The van der Waals surface area contributed by atoms with Crippen molar-refractivity contribution in [2.45, 2.75) is 41.2 Å². The molecular weight excluding hydrogens is 498 g/mol. The molecule has 2 aromatic rings. The van der Waals surface area contributed by atoms with Gasteiger partial charge in [0.1, 0.15) is 9.96 Å². The van der Waals surface area contributed by atoms with Crippen molar-refractivity contribution < 1.29 is 26.4 Å². The van der Waals surface area contributed by atoms with E-state index in [9.17, 15) is 21.6 Å². The van der Waals surface area contributed by atoms with E-state index in [0.29, 0.717) is 41.6 Å². The van der Waals surface area contributed by atoms with Crippen LogP contribution in [0.25, 0.3) is 0 Å². The molecule has 0 bridgehead atoms. The molecule has 1 aromatic heterocycles. The molecule has 1 amide bonds. The Hall–Kier alpha value is -1.99. The number of carbonyl (C=O) groups excluding carboxylic acids is 1. The van der Waals surface area contributed by atoms with Crippen LogP contribution < -0.4 is 10.1 Å². The molecule has 2 aliphatic rings. The summed E-state index contributed by atoms with van der Waals surface area (Å²) < 4.78 is 60.1. The third kappa shape index (κ3) is 5.15. The van der Waals surface area contributed by atoms with Crippen LogP contribution in [0.15, 0.2) is 44.8 Å². The van der Waals surface area contributed by atoms with E-state index in [1.54, 1.807) is 23.6 Å². The molecule has 0 unspecified atom stereocenters. The Kier molecular flexibility index (Phi) is 7.63. The van der Waals surface area contributed by atoms with Crippen molar-refractivity contribution in [1.82, 2.24) is 8.61 Å². The van der Waals surface area contributed by atoms with Gasteiger partial charge in [-0.25, -0.2) is 16.8 Å². The topological polar surface area (TPSA) is 113 Å². The van der Waals surface area contributed by atoms with Crippen LogP contribution in [0.1, 0.15) is 32.1 Å². The molecule has 2 saturated heterocycles. The Morgan fingerprint density at radius 1 is 0.971 bits per heavy atom. The predicted octanol–water partition coefficient (Wildman–Crippen LogP) is 2.97. The zero-order valence-corrected chi connectivity index (χ0v) is 21.4. The van der Waals surface area contributed by atoms with Gasteiger partial charge in [0.05, 0.1) is 17.7 Å². The zero-order chi connectivity index (χ0) is 24.3. The molecule has 3 heterocycles. The van der Waals surface area contributed by atoms with E-state index in [2.05, 4.69) is 5.32 Å². The number of piperidine rings is 2. The number of benzene rings is 1. The van der Waals surface area contributed by atoms with Gasteiger partial charge in [0.2, 0.25) is 15.9 Å². The Labute approximate surface area is 204 Å². The highest BCUT2D eigenvalue weighted by Gasteiger charge is 2.33. The van der Waals surface area contributed by atoms with Crippen LogP contribution in [0.4, 0.5) is 5.69 Å². The predicted molar refractivity (Wildman–Crippen MR) is 130 cm³/mol. The molecule has 0 radical (unpaired) electrons. The van der Waals surface area contributed by atoms with Crippen LogP contribution >= 0.6 is 11.3 Å². The van der Waals surface area contributed by atoms with Crippen molar-refractivity contribution in [3.05, 3.63) is 35.7 Å². The number of hydrogen-bond acceptors (Lipinski definition) is 7. The van der Waals surface area contributed by atoms with Gasteiger partial charge in [-0.1, -0.05) is 12.5 Å². The first-order chi connectivity index (χ1) is 16.2. The average Bonchev–Trinajstić information content (AvgIpc) is 3.41. The monoisotopic (exact) mass is 527 g/mol. The van der Waals surface area contributed by atoms with Crippen molar-refractivity contribution >= 4 is 43.0 Å². The fraction of sp³-hybridized carbons (Fsp3) is 0.500. The molecular formula is C22H29N3O6S3. The van der Waals surface area contributed by atoms with Crippen molar-refractivity contribution in [2.75, 3.05) is 38.6 Å². The SMILES string of the molecule is COc1ccc(S(=O)(=O)N2CCCCC2)cc1NC(=O)C1CCN(S(=O)(=O)c2cccs2)CC1. The van der Waals surface area contributed by atoms with Gasteiger partial charge in [0.15, 0.2) is 0 Å². The van der Waals surface area contributed by atoms with Crippen LogP contribution in [0, 0.1) is 5.92 Å². The van der Waals surface area contributed by atoms with E-state index in [0.717, 1.165) is 19.3 Å². The Balaban J connectivity index is 1.45. The molecule has 2 aliphatic heterocycles. The molecule has 1 N–H and O–H groups in total. The van der Waals surface area contributed by atoms with Crippen molar-refractivity contribution in [2.24, 2.45) is 5.92 Å². The second kappa shape index (κ2) is 10.3. The van der Waals surface area contributed by atoms with Gasteiger partial charge in [-0.15, -0.1) is 11.3 Å². The van der Waals surface area contributed by atoms with Gasteiger partial charge >= 0.3 is 0 Å². The minimum absolute atomic E-state index is 0.113. The number of amides is 1. The number of carbonyl (C=O) groups is 1. The number of sulfonamides is 2. The molecule has 0 saturated carbocycles. The normalized spacial score (nSPS) is 19.1. The van der Waals surface area contributed by atoms with Crippen LogP contribution in [0.2, 0.25) is 0 Å². The summed E-state index contributed by atoms with van der Waals surface area (Å²) in [4.78, 5) is 13.1. The first kappa shape index (κ1) is 25.1. The molecule has 186 valence electrons. The highest BCUT2D eigenvalue weighted by Crippen LogP contribution is 2.32. The van der Waals surface area contributed by atoms with Crippen LogP contribution in [-0.4, -0.2) is 64.6 Å². The fourth-order valence-electron chi connectivity index (χ4n) is 4.33. The summed E-state index contributed by atoms with van der Waals surface area (Å²) in [6.07, 6.45) is 3.44. The number of hydrogen-bond donors (Lipinski definition) is 1. The van der Waals surface area contributed by atoms with Crippen molar-refractivity contribution in [3.63, 3.8) is 0 Å². The van der Waals surface area contributed by atoms with Crippen molar-refractivity contribution in [3.8, 4) is 5.75 Å². The summed E-state index contributed by atoms with van der Waals surface area (Å²) in [5.74, 6) is -0.301. The molecule has 0 atom stereocenters. The first-order valence-corrected chi connectivity index (χ1v) is 15.0. The highest BCUT2D eigenvalue weighted by atomic mass is 32.2. The van der Waals surface area contributed by atoms with E-state index in [4.69, 9.17) is 4.74 Å². The van der Waals surface area contributed by atoms with E-state index in [1.807, 2.05) is 0 Å². The van der Waals surface area contributed by atoms with Crippen molar-refractivity contribution in [1.29, 1.82) is 0 Å². The minimum Gasteiger partial charge on any atom is -0.495 e. The van der Waals surface area contributed by atoms with E-state index >= 15 is 0 Å². The Bertz CT molecular complexity index is 1210. The van der Waals surface area contributed by atoms with Crippen LogP contribution in [0.3, 0.4) is 0 Å². The lowest BCUT2D eigenvalue weighted by atomic mass is 9.97. The summed E-state index contributed by atoms with van der Waals surface area (Å²) >= 11 is 1.17. The second-order valence-electron chi connectivity index (χ2n) is 8.43. The van der Waals surface area contributed by atoms with Gasteiger partial charge in [0.25, 0.3) is 10.0 Å². The Morgan fingerprint density at radius 2 is 1.65 bits per heavy atom. The van der Waals surface area contributed by atoms with Gasteiger partial charge in [-0.2, -0.15) is 8.61 Å². The lowest BCUT2D eigenvalue weighted by Gasteiger charge is -2.30. The number of rotatable bonds is 7. The average molecular weight is 528 g/mol. The first-order valence-electron chi connectivity index (χ1n) is 11.3. The smallest absolute Gasteiger partial charge is 0.252 e. The maximum absolute atomic E-state index is 13.1. The highest BCUT2D eigenvalue weighted by molar-refractivity contribution is 7.91. The lowest BCUT2D eigenvalue weighted by Crippen LogP contribution is -2.41. The molecule has 2 fully saturated rings. The number of nitrogens with one attached hydrogen (secondary N) is 1. The molecule has 0 aliphatic carbocycles. The summed E-state index contributed by atoms with van der Waals surface area (Å²) in [6.45, 7) is 1.48. The second-order valence-corrected chi connectivity index (χ2v) is 13.5. The van der Waals surface area contributed by atoms with Crippen LogP contribution in [-0.2, 0) is 24.8 Å². The molecule has 1 aromatic carbocycles. The number of methoxy groups -OCH3 is 1. The number of ether oxygens (including phenoxy) is 1. The van der Waals surface area contributed by atoms with Gasteiger partial charge in [0, 0.05) is 32.1 Å². The van der Waals surface area contributed by atoms with Gasteiger partial charge in [-0.05, 0) is 55.3 Å². The number of anilines is 1. The zero-order valence-electron chi connectivity index (χ0n) is 19.0. The summed E-state index contributed by atoms with van der Waals surface area (Å²) in [6, 6.07) is 7.76. The molecule has 4 rings (SSSR count). The summed E-state index contributed by atoms with van der Waals surface area (Å²) in [5.41, 5.74) is 0.291. The number of nitrogens with zero attached hydrogens (tertiary/aromatic N) is 2. The largest absolute Gasteiger partial charge is 0.495 e. The molecule has 0 spiro atoms. The lowest BCUT2D eigenvalue weighted by molar-refractivity contribution is -0.120. The third-order valence-corrected chi connectivity index (χ3v) is 11.5. The van der Waals surface area contributed by atoms with Gasteiger partial charge in [-0.3, -0.25) is 4.79 Å². The number of thiophene rings is 1. The third-order valence-electron chi connectivity index (χ3n) is 6.30. The minimum atomic E-state index is -3.66. The fourth-order valence-corrected chi connectivity index (χ4v) is 8.49. The molecule has 12 heteroatoms. The van der Waals surface area contributed by atoms with E-state index < -0.39 is 20.0 Å². The maximum atomic E-state index is 13.1. The maximum Gasteiger partial charge on any atom is 0.252 e. The standard InChI is InChI=1S/C22H29N3O6S3/c1-31-20-8-7-18(33(27,28)24-11-3-2-4-12-24)16-19(20)23-22(26)17-9-13-25(14-10-17)34(29,30)21-6-5-15-32-21/h5-8,15-17H,2-4,9-14H2,1H3,(H,23,26).